The predicted octanol–water partition coefficient (Wildman–Crippen LogP) is -0.212. The lowest BCUT2D eigenvalue weighted by molar-refractivity contribution is -0.137. The van der Waals surface area contributed by atoms with Crippen molar-refractivity contribution < 1.29 is 9.90 Å². The third kappa shape index (κ3) is 2.79. The highest BCUT2D eigenvalue weighted by atomic mass is 16.4. The molecule has 0 spiro atoms. The zero-order valence-electron chi connectivity index (χ0n) is 7.12. The number of piperidine rings is 1. The maximum atomic E-state index is 10.4. The van der Waals surface area contributed by atoms with E-state index in [4.69, 9.17) is 10.8 Å². The summed E-state index contributed by atoms with van der Waals surface area (Å²) < 4.78 is 0. The van der Waals surface area contributed by atoms with Crippen LogP contribution in [0.1, 0.15) is 19.3 Å². The molecule has 0 saturated carbocycles. The Balaban J connectivity index is 2.29. The molecule has 0 bridgehead atoms. The molecule has 0 aromatic rings. The van der Waals surface area contributed by atoms with Crippen LogP contribution in [-0.2, 0) is 4.79 Å². The molecule has 0 radical (unpaired) electrons. The SMILES string of the molecule is NC(CC(=O)O)C1CCCNC1. The number of carbonyl (C=O) groups is 1. The second kappa shape index (κ2) is 4.42. The van der Waals surface area contributed by atoms with Crippen LogP contribution in [0, 0.1) is 5.92 Å². The Morgan fingerprint density at radius 2 is 2.50 bits per heavy atom. The molecule has 1 rings (SSSR count). The van der Waals surface area contributed by atoms with Crippen molar-refractivity contribution in [2.45, 2.75) is 25.3 Å². The topological polar surface area (TPSA) is 75.4 Å². The summed E-state index contributed by atoms with van der Waals surface area (Å²) in [6, 6.07) is -0.185. The van der Waals surface area contributed by atoms with Crippen LogP contribution in [0.3, 0.4) is 0 Å². The second-order valence-corrected chi connectivity index (χ2v) is 3.37. The first-order chi connectivity index (χ1) is 5.70. The normalized spacial score (nSPS) is 26.6. The Hall–Kier alpha value is -0.610. The minimum absolute atomic E-state index is 0.0896. The van der Waals surface area contributed by atoms with Gasteiger partial charge in [-0.05, 0) is 31.8 Å². The molecule has 1 fully saturated rings. The van der Waals surface area contributed by atoms with Gasteiger partial charge in [-0.1, -0.05) is 0 Å². The van der Waals surface area contributed by atoms with E-state index >= 15 is 0 Å². The van der Waals surface area contributed by atoms with Crippen molar-refractivity contribution in [2.24, 2.45) is 11.7 Å². The largest absolute Gasteiger partial charge is 0.481 e. The second-order valence-electron chi connectivity index (χ2n) is 3.37. The van der Waals surface area contributed by atoms with Gasteiger partial charge < -0.3 is 16.2 Å². The number of hydrogen-bond donors (Lipinski definition) is 3. The van der Waals surface area contributed by atoms with Crippen LogP contribution in [0.2, 0.25) is 0 Å². The molecule has 1 saturated heterocycles. The molecule has 70 valence electrons. The van der Waals surface area contributed by atoms with Gasteiger partial charge in [0.05, 0.1) is 6.42 Å². The van der Waals surface area contributed by atoms with Gasteiger partial charge in [0, 0.05) is 6.04 Å². The number of nitrogens with one attached hydrogen (secondary N) is 1. The zero-order valence-corrected chi connectivity index (χ0v) is 7.12. The summed E-state index contributed by atoms with van der Waals surface area (Å²) in [5.74, 6) is -0.456. The number of hydrogen-bond acceptors (Lipinski definition) is 3. The van der Waals surface area contributed by atoms with Crippen molar-refractivity contribution >= 4 is 5.97 Å². The first-order valence-corrected chi connectivity index (χ1v) is 4.38. The number of rotatable bonds is 3. The van der Waals surface area contributed by atoms with E-state index in [0.717, 1.165) is 25.9 Å². The summed E-state index contributed by atoms with van der Waals surface area (Å²) in [6.07, 6.45) is 2.26. The third-order valence-electron chi connectivity index (χ3n) is 2.35. The number of nitrogens with two attached hydrogens (primary N) is 1. The lowest BCUT2D eigenvalue weighted by Gasteiger charge is -2.27. The van der Waals surface area contributed by atoms with E-state index < -0.39 is 5.97 Å². The molecule has 0 amide bonds. The monoisotopic (exact) mass is 172 g/mol. The molecule has 1 heterocycles. The molecule has 4 nitrogen and oxygen atoms in total. The average molecular weight is 172 g/mol. The maximum absolute atomic E-state index is 10.4. The van der Waals surface area contributed by atoms with Gasteiger partial charge in [-0.3, -0.25) is 4.79 Å². The van der Waals surface area contributed by atoms with Crippen LogP contribution >= 0.6 is 0 Å². The van der Waals surface area contributed by atoms with Crippen molar-refractivity contribution in [1.29, 1.82) is 0 Å². The van der Waals surface area contributed by atoms with Crippen LogP contribution in [-0.4, -0.2) is 30.2 Å². The molecule has 0 aromatic carbocycles. The van der Waals surface area contributed by atoms with Crippen LogP contribution < -0.4 is 11.1 Å². The highest BCUT2D eigenvalue weighted by molar-refractivity contribution is 5.67. The summed E-state index contributed by atoms with van der Waals surface area (Å²) >= 11 is 0. The first kappa shape index (κ1) is 9.48. The summed E-state index contributed by atoms with van der Waals surface area (Å²) in [4.78, 5) is 10.4. The van der Waals surface area contributed by atoms with E-state index in [1.807, 2.05) is 0 Å². The van der Waals surface area contributed by atoms with Crippen LogP contribution in [0.5, 0.6) is 0 Å². The molecular formula is C8H16N2O2. The van der Waals surface area contributed by atoms with Crippen molar-refractivity contribution in [1.82, 2.24) is 5.32 Å². The fourth-order valence-electron chi connectivity index (χ4n) is 1.61. The van der Waals surface area contributed by atoms with E-state index in [1.165, 1.54) is 0 Å². The van der Waals surface area contributed by atoms with Gasteiger partial charge >= 0.3 is 5.97 Å². The zero-order chi connectivity index (χ0) is 8.97. The Kier molecular flexibility index (Phi) is 3.49. The minimum Gasteiger partial charge on any atom is -0.481 e. The van der Waals surface area contributed by atoms with Crippen molar-refractivity contribution in [3.05, 3.63) is 0 Å². The predicted molar refractivity (Wildman–Crippen MR) is 45.8 cm³/mol. The minimum atomic E-state index is -0.798. The van der Waals surface area contributed by atoms with Crippen molar-refractivity contribution in [2.75, 3.05) is 13.1 Å². The molecule has 1 aliphatic heterocycles. The van der Waals surface area contributed by atoms with Crippen molar-refractivity contribution in [3.63, 3.8) is 0 Å². The van der Waals surface area contributed by atoms with Gasteiger partial charge in [-0.25, -0.2) is 0 Å². The third-order valence-corrected chi connectivity index (χ3v) is 2.35. The lowest BCUT2D eigenvalue weighted by Crippen LogP contribution is -2.42. The molecule has 2 unspecified atom stereocenters. The number of aliphatic carboxylic acids is 1. The van der Waals surface area contributed by atoms with E-state index in [1.54, 1.807) is 0 Å². The Labute approximate surface area is 72.1 Å². The lowest BCUT2D eigenvalue weighted by atomic mass is 9.90. The molecule has 4 heteroatoms. The number of carboxylic acids is 1. The van der Waals surface area contributed by atoms with Crippen LogP contribution in [0.4, 0.5) is 0 Å². The maximum Gasteiger partial charge on any atom is 0.304 e. The smallest absolute Gasteiger partial charge is 0.304 e. The fraction of sp³-hybridized carbons (Fsp3) is 0.875. The molecule has 0 aliphatic carbocycles. The van der Waals surface area contributed by atoms with E-state index in [0.29, 0.717) is 5.92 Å². The van der Waals surface area contributed by atoms with Gasteiger partial charge in [-0.2, -0.15) is 0 Å². The van der Waals surface area contributed by atoms with Gasteiger partial charge in [0.25, 0.3) is 0 Å². The Morgan fingerprint density at radius 3 is 3.00 bits per heavy atom. The van der Waals surface area contributed by atoms with Gasteiger partial charge in [0.2, 0.25) is 0 Å². The van der Waals surface area contributed by atoms with Crippen molar-refractivity contribution in [3.8, 4) is 0 Å². The molecule has 1 aliphatic rings. The van der Waals surface area contributed by atoms with Gasteiger partial charge in [-0.15, -0.1) is 0 Å². The molecule has 0 aromatic heterocycles. The van der Waals surface area contributed by atoms with Crippen LogP contribution in [0.15, 0.2) is 0 Å². The Morgan fingerprint density at radius 1 is 1.75 bits per heavy atom. The Bertz CT molecular complexity index is 155. The highest BCUT2D eigenvalue weighted by Crippen LogP contribution is 2.14. The summed E-state index contributed by atoms with van der Waals surface area (Å²) in [5.41, 5.74) is 5.73. The molecular weight excluding hydrogens is 156 g/mol. The molecule has 4 N–H and O–H groups in total. The first-order valence-electron chi connectivity index (χ1n) is 4.38. The standard InChI is InChI=1S/C8H16N2O2/c9-7(4-8(11)12)6-2-1-3-10-5-6/h6-7,10H,1-5,9H2,(H,11,12). The molecule has 12 heavy (non-hydrogen) atoms. The average Bonchev–Trinajstić information content (AvgIpc) is 2.05. The van der Waals surface area contributed by atoms with E-state index in [-0.39, 0.29) is 12.5 Å². The quantitative estimate of drug-likeness (QED) is 0.550. The summed E-state index contributed by atoms with van der Waals surface area (Å²) in [5, 5.41) is 11.7. The summed E-state index contributed by atoms with van der Waals surface area (Å²) in [7, 11) is 0. The van der Waals surface area contributed by atoms with E-state index in [9.17, 15) is 4.79 Å². The molecule has 2 atom stereocenters. The fourth-order valence-corrected chi connectivity index (χ4v) is 1.61. The van der Waals surface area contributed by atoms with E-state index in [2.05, 4.69) is 5.32 Å². The highest BCUT2D eigenvalue weighted by Gasteiger charge is 2.21. The van der Waals surface area contributed by atoms with Crippen LogP contribution in [0.25, 0.3) is 0 Å². The summed E-state index contributed by atoms with van der Waals surface area (Å²) in [6.45, 7) is 1.91. The van der Waals surface area contributed by atoms with Gasteiger partial charge in [0.1, 0.15) is 0 Å². The van der Waals surface area contributed by atoms with Gasteiger partial charge in [0.15, 0.2) is 0 Å². The number of carboxylic acid groups (broad SMARTS) is 1.